The van der Waals surface area contributed by atoms with E-state index in [1.807, 2.05) is 6.92 Å². The summed E-state index contributed by atoms with van der Waals surface area (Å²) in [5.41, 5.74) is 5.71. The van der Waals surface area contributed by atoms with E-state index in [1.54, 1.807) is 0 Å². The lowest BCUT2D eigenvalue weighted by Crippen LogP contribution is -2.70. The molecule has 4 saturated heterocycles. The third-order valence-electron chi connectivity index (χ3n) is 16.8. The van der Waals surface area contributed by atoms with Gasteiger partial charge in [0.1, 0.15) is 0 Å². The molecular formula is C39H65NO6. The molecule has 4 aliphatic heterocycles. The Balaban J connectivity index is 0.962. The van der Waals surface area contributed by atoms with E-state index in [0.29, 0.717) is 47.3 Å². The average molecular weight is 644 g/mol. The lowest BCUT2D eigenvalue weighted by atomic mass is 9.43. The Bertz CT molecular complexity index is 1140. The fourth-order valence-electron chi connectivity index (χ4n) is 14.1. The first-order valence-electron chi connectivity index (χ1n) is 19.7. The van der Waals surface area contributed by atoms with Crippen molar-refractivity contribution in [1.29, 1.82) is 0 Å². The summed E-state index contributed by atoms with van der Waals surface area (Å²) in [6.45, 7) is 15.0. The van der Waals surface area contributed by atoms with E-state index in [-0.39, 0.29) is 35.2 Å². The first-order chi connectivity index (χ1) is 21.9. The number of aliphatic hydroxyl groups excluding tert-OH is 1. The van der Waals surface area contributed by atoms with E-state index in [2.05, 4.69) is 34.6 Å². The van der Waals surface area contributed by atoms with Crippen molar-refractivity contribution in [3.8, 4) is 0 Å². The van der Waals surface area contributed by atoms with Crippen LogP contribution < -0.4 is 5.73 Å². The van der Waals surface area contributed by atoms with Gasteiger partial charge in [-0.25, -0.2) is 9.78 Å². The van der Waals surface area contributed by atoms with E-state index in [1.165, 1.54) is 44.9 Å². The lowest BCUT2D eigenvalue weighted by Gasteiger charge is -2.63. The molecule has 0 amide bonds. The smallest absolute Gasteiger partial charge is 0.201 e. The van der Waals surface area contributed by atoms with Crippen LogP contribution in [0.4, 0.5) is 0 Å². The Kier molecular flexibility index (Phi) is 8.32. The zero-order chi connectivity index (χ0) is 32.2. The van der Waals surface area contributed by atoms with Gasteiger partial charge in [0, 0.05) is 18.3 Å². The third-order valence-corrected chi connectivity index (χ3v) is 16.8. The first-order valence-corrected chi connectivity index (χ1v) is 19.7. The van der Waals surface area contributed by atoms with E-state index in [4.69, 9.17) is 29.7 Å². The summed E-state index contributed by atoms with van der Waals surface area (Å²) in [4.78, 5) is 12.4. The third kappa shape index (κ3) is 4.67. The Hall–Kier alpha value is -0.280. The quantitative estimate of drug-likeness (QED) is 0.228. The molecule has 46 heavy (non-hydrogen) atoms. The fraction of sp³-hybridized carbons (Fsp3) is 1.00. The zero-order valence-corrected chi connectivity index (χ0v) is 29.8. The number of fused-ring (bicyclic) bond motifs is 7. The van der Waals surface area contributed by atoms with Gasteiger partial charge in [0.05, 0.1) is 12.2 Å². The van der Waals surface area contributed by atoms with Crippen LogP contribution in [0.3, 0.4) is 0 Å². The van der Waals surface area contributed by atoms with Gasteiger partial charge < -0.3 is 25.1 Å². The van der Waals surface area contributed by atoms with Crippen LogP contribution in [0.25, 0.3) is 0 Å². The molecule has 0 radical (unpaired) electrons. The van der Waals surface area contributed by atoms with Gasteiger partial charge in [-0.05, 0) is 155 Å². The van der Waals surface area contributed by atoms with Gasteiger partial charge in [-0.15, -0.1) is 0 Å². The molecule has 0 unspecified atom stereocenters. The van der Waals surface area contributed by atoms with Gasteiger partial charge in [-0.1, -0.05) is 34.6 Å². The maximum Gasteiger partial charge on any atom is 0.201 e. The van der Waals surface area contributed by atoms with Gasteiger partial charge in [-0.3, -0.25) is 0 Å². The van der Waals surface area contributed by atoms with Gasteiger partial charge in [0.15, 0.2) is 18.2 Å². The Morgan fingerprint density at radius 1 is 0.870 bits per heavy atom. The second kappa shape index (κ2) is 11.6. The van der Waals surface area contributed by atoms with Crippen LogP contribution in [0.1, 0.15) is 131 Å². The zero-order valence-electron chi connectivity index (χ0n) is 29.8. The van der Waals surface area contributed by atoms with Crippen LogP contribution in [0.5, 0.6) is 0 Å². The van der Waals surface area contributed by atoms with Crippen LogP contribution in [0.15, 0.2) is 0 Å². The molecule has 4 heterocycles. The number of ether oxygens (including phenoxy) is 3. The number of hydrogen-bond acceptors (Lipinski definition) is 7. The van der Waals surface area contributed by atoms with Crippen LogP contribution in [-0.2, 0) is 24.0 Å². The normalized spacial score (nSPS) is 58.3. The van der Waals surface area contributed by atoms with Crippen molar-refractivity contribution in [3.63, 3.8) is 0 Å². The molecule has 0 aromatic rings. The lowest BCUT2D eigenvalue weighted by molar-refractivity contribution is -0.578. The van der Waals surface area contributed by atoms with Crippen molar-refractivity contribution in [1.82, 2.24) is 0 Å². The predicted octanol–water partition coefficient (Wildman–Crippen LogP) is 7.58. The summed E-state index contributed by atoms with van der Waals surface area (Å²) < 4.78 is 20.5. The topological polar surface area (TPSA) is 92.4 Å². The SMILES string of the molecule is C[C@H]1[C@@H](O[C@@H]2CC[C@@]3(C)[C@H](CC[C@@H]4[C@@H]3C[C@H](O)[C@]3(C)[C@@H]([C@H](C)CCCN)CC[C@@H]43)C2)O[C@@H]2O[C@]3(C)CC[C@H]4[C@H](C)CC[C@@H]1[C@@]24OO3. The molecule has 5 saturated carbocycles. The maximum atomic E-state index is 12.0. The van der Waals surface area contributed by atoms with Gasteiger partial charge in [-0.2, -0.15) is 0 Å². The van der Waals surface area contributed by atoms with Crippen molar-refractivity contribution in [3.05, 3.63) is 0 Å². The van der Waals surface area contributed by atoms with E-state index < -0.39 is 17.7 Å². The van der Waals surface area contributed by atoms with E-state index >= 15 is 0 Å². The standard InChI is InChI=1S/C39H65NO6/c1-22(8-7-19-40)28-13-14-31-27-11-10-25-20-26(15-17-36(25,4)32(27)21-33(41)38(28,31)6)42-34-24(3)30-12-9-23(2)29-16-18-37(5)44-35(43-34)39(29,30)46-45-37/h22-35,41H,7-21,40H2,1-6H3/t22-,23-,24-,25-,26-,27+,28-,29+,30+,31+,32+,33+,34+,35-,36+,37+,38-,39-/m1/s1. The summed E-state index contributed by atoms with van der Waals surface area (Å²) >= 11 is 0. The molecule has 3 N–H and O–H groups in total. The highest BCUT2D eigenvalue weighted by Crippen LogP contribution is 2.69. The van der Waals surface area contributed by atoms with Crippen LogP contribution in [0, 0.1) is 70.0 Å². The maximum absolute atomic E-state index is 12.0. The summed E-state index contributed by atoms with van der Waals surface area (Å²) in [5.74, 6) is 4.67. The molecular weight excluding hydrogens is 578 g/mol. The molecule has 0 aromatic heterocycles. The number of rotatable bonds is 6. The van der Waals surface area contributed by atoms with Crippen molar-refractivity contribution < 1.29 is 29.1 Å². The first kappa shape index (κ1) is 32.9. The molecule has 9 aliphatic rings. The number of hydrogen-bond donors (Lipinski definition) is 2. The molecule has 9 fully saturated rings. The Morgan fingerprint density at radius 3 is 2.48 bits per heavy atom. The molecule has 2 bridgehead atoms. The van der Waals surface area contributed by atoms with Gasteiger partial charge in [0.2, 0.25) is 5.79 Å². The summed E-state index contributed by atoms with van der Waals surface area (Å²) in [5, 5.41) is 12.0. The largest absolute Gasteiger partial charge is 0.393 e. The molecule has 5 aliphatic carbocycles. The minimum Gasteiger partial charge on any atom is -0.393 e. The average Bonchev–Trinajstić information content (AvgIpc) is 3.24. The molecule has 262 valence electrons. The highest BCUT2D eigenvalue weighted by atomic mass is 17.3. The molecule has 7 heteroatoms. The van der Waals surface area contributed by atoms with Crippen molar-refractivity contribution in [2.75, 3.05) is 6.54 Å². The van der Waals surface area contributed by atoms with Crippen molar-refractivity contribution in [2.45, 2.75) is 168 Å². The molecule has 18 atom stereocenters. The minimum absolute atomic E-state index is 0.0613. The highest BCUT2D eigenvalue weighted by molar-refractivity contribution is 5.13. The fourth-order valence-corrected chi connectivity index (χ4v) is 14.1. The second-order valence-electron chi connectivity index (χ2n) is 18.7. The molecule has 0 aromatic carbocycles. The number of nitrogens with two attached hydrogens (primary N) is 1. The molecule has 7 nitrogen and oxygen atoms in total. The minimum atomic E-state index is -0.754. The number of aliphatic hydroxyl groups is 1. The summed E-state index contributed by atoms with van der Waals surface area (Å²) in [7, 11) is 0. The van der Waals surface area contributed by atoms with Crippen LogP contribution in [-0.4, -0.2) is 47.8 Å². The highest BCUT2D eigenvalue weighted by Gasteiger charge is 2.70. The predicted molar refractivity (Wildman–Crippen MR) is 176 cm³/mol. The molecule has 1 spiro atoms. The van der Waals surface area contributed by atoms with Crippen LogP contribution >= 0.6 is 0 Å². The Labute approximate surface area is 278 Å². The summed E-state index contributed by atoms with van der Waals surface area (Å²) in [6.07, 6.45) is 15.4. The monoisotopic (exact) mass is 643 g/mol. The second-order valence-corrected chi connectivity index (χ2v) is 18.7. The van der Waals surface area contributed by atoms with Crippen molar-refractivity contribution >= 4 is 0 Å². The van der Waals surface area contributed by atoms with Crippen LogP contribution in [0.2, 0.25) is 0 Å². The Morgan fingerprint density at radius 2 is 1.67 bits per heavy atom. The van der Waals surface area contributed by atoms with E-state index in [0.717, 1.165) is 57.4 Å². The summed E-state index contributed by atoms with van der Waals surface area (Å²) in [6, 6.07) is 0. The van der Waals surface area contributed by atoms with Gasteiger partial charge >= 0.3 is 0 Å². The van der Waals surface area contributed by atoms with Crippen molar-refractivity contribution in [2.24, 2.45) is 75.7 Å². The molecule has 9 rings (SSSR count). The van der Waals surface area contributed by atoms with E-state index in [9.17, 15) is 5.11 Å². The van der Waals surface area contributed by atoms with Gasteiger partial charge in [0.25, 0.3) is 0 Å².